The molecule has 2 heterocycles. The van der Waals surface area contributed by atoms with Crippen LogP contribution in [0, 0.1) is 5.82 Å². The highest BCUT2D eigenvalue weighted by Crippen LogP contribution is 2.26. The molecule has 1 saturated heterocycles. The first-order valence-electron chi connectivity index (χ1n) is 8.49. The lowest BCUT2D eigenvalue weighted by Gasteiger charge is -2.34. The molecule has 1 atom stereocenters. The van der Waals surface area contributed by atoms with Crippen LogP contribution in [0.3, 0.4) is 0 Å². The molecule has 2 aromatic rings. The van der Waals surface area contributed by atoms with Gasteiger partial charge in [-0.05, 0) is 44.4 Å². The third-order valence-electron chi connectivity index (χ3n) is 4.28. The number of nitrogens with one attached hydrogen (secondary N) is 1. The summed E-state index contributed by atoms with van der Waals surface area (Å²) in [6.07, 6.45) is 5.11. The van der Waals surface area contributed by atoms with E-state index in [-0.39, 0.29) is 16.7 Å². The van der Waals surface area contributed by atoms with Gasteiger partial charge in [-0.15, -0.1) is 0 Å². The number of carbonyl (C=O) groups excluding carboxylic acids is 1. The second-order valence-electron chi connectivity index (χ2n) is 6.21. The van der Waals surface area contributed by atoms with Crippen LogP contribution in [-0.2, 0) is 4.79 Å². The number of halogens is 2. The number of aromatic nitrogens is 2. The third kappa shape index (κ3) is 4.86. The van der Waals surface area contributed by atoms with Crippen LogP contribution in [0.5, 0.6) is 0 Å². The summed E-state index contributed by atoms with van der Waals surface area (Å²) in [5.41, 5.74) is 0.393. The summed E-state index contributed by atoms with van der Waals surface area (Å²) < 4.78 is 13.1. The maximum Gasteiger partial charge on any atom is 0.234 e. The number of nitrogens with zero attached hydrogens (tertiary/aromatic N) is 3. The number of benzene rings is 1. The van der Waals surface area contributed by atoms with E-state index in [4.69, 9.17) is 11.6 Å². The number of hydrogen-bond acceptors (Lipinski definition) is 5. The standard InChI is InChI=1S/C18H20ClFN4OS/c1-12-4-2-3-7-24(12)16-9-18(22-11-21-16)26-10-17(25)23-15-6-5-13(20)8-14(15)19/h5-6,8-9,11-12H,2-4,7,10H2,1H3,(H,23,25)/t12-/m0/s1. The van der Waals surface area contributed by atoms with Crippen molar-refractivity contribution in [1.29, 1.82) is 0 Å². The Morgan fingerprint density at radius 2 is 2.23 bits per heavy atom. The topological polar surface area (TPSA) is 58.1 Å². The van der Waals surface area contributed by atoms with E-state index >= 15 is 0 Å². The Bertz CT molecular complexity index is 792. The first-order valence-corrected chi connectivity index (χ1v) is 9.85. The van der Waals surface area contributed by atoms with Gasteiger partial charge in [0, 0.05) is 18.7 Å². The Kier molecular flexibility index (Phi) is 6.32. The minimum Gasteiger partial charge on any atom is -0.354 e. The van der Waals surface area contributed by atoms with Gasteiger partial charge in [0.25, 0.3) is 0 Å². The summed E-state index contributed by atoms with van der Waals surface area (Å²) in [5, 5.41) is 3.60. The zero-order valence-corrected chi connectivity index (χ0v) is 16.0. The van der Waals surface area contributed by atoms with Crippen LogP contribution < -0.4 is 10.2 Å². The molecule has 26 heavy (non-hydrogen) atoms. The minimum absolute atomic E-state index is 0.173. The Hall–Kier alpha value is -1.86. The molecular weight excluding hydrogens is 375 g/mol. The molecule has 1 N–H and O–H groups in total. The molecule has 3 rings (SSSR count). The van der Waals surface area contributed by atoms with Gasteiger partial charge in [0.15, 0.2) is 0 Å². The Morgan fingerprint density at radius 1 is 1.38 bits per heavy atom. The summed E-state index contributed by atoms with van der Waals surface area (Å²) in [6.45, 7) is 3.19. The molecule has 138 valence electrons. The summed E-state index contributed by atoms with van der Waals surface area (Å²) in [4.78, 5) is 23.0. The molecule has 0 aliphatic carbocycles. The third-order valence-corrected chi connectivity index (χ3v) is 5.52. The van der Waals surface area contributed by atoms with E-state index in [2.05, 4.69) is 27.1 Å². The van der Waals surface area contributed by atoms with Gasteiger partial charge < -0.3 is 10.2 Å². The quantitative estimate of drug-likeness (QED) is 0.602. The lowest BCUT2D eigenvalue weighted by molar-refractivity contribution is -0.113. The van der Waals surface area contributed by atoms with Crippen molar-refractivity contribution in [2.75, 3.05) is 22.5 Å². The fourth-order valence-corrected chi connectivity index (χ4v) is 3.80. The van der Waals surface area contributed by atoms with Crippen molar-refractivity contribution in [1.82, 2.24) is 9.97 Å². The van der Waals surface area contributed by atoms with Crippen molar-refractivity contribution < 1.29 is 9.18 Å². The summed E-state index contributed by atoms with van der Waals surface area (Å²) >= 11 is 7.25. The van der Waals surface area contributed by atoms with Crippen LogP contribution in [0.1, 0.15) is 26.2 Å². The highest BCUT2D eigenvalue weighted by atomic mass is 35.5. The van der Waals surface area contributed by atoms with Crippen molar-refractivity contribution in [2.24, 2.45) is 0 Å². The molecule has 0 bridgehead atoms. The monoisotopic (exact) mass is 394 g/mol. The Balaban J connectivity index is 1.59. The Morgan fingerprint density at radius 3 is 3.00 bits per heavy atom. The van der Waals surface area contributed by atoms with Gasteiger partial charge in [-0.1, -0.05) is 23.4 Å². The molecule has 1 aromatic carbocycles. The van der Waals surface area contributed by atoms with Gasteiger partial charge in [-0.2, -0.15) is 0 Å². The average Bonchev–Trinajstić information content (AvgIpc) is 2.63. The van der Waals surface area contributed by atoms with Crippen LogP contribution in [0.4, 0.5) is 15.9 Å². The highest BCUT2D eigenvalue weighted by Gasteiger charge is 2.20. The van der Waals surface area contributed by atoms with E-state index < -0.39 is 5.82 Å². The Labute approximate surface area is 161 Å². The number of amides is 1. The lowest BCUT2D eigenvalue weighted by atomic mass is 10.0. The number of piperidine rings is 1. The van der Waals surface area contributed by atoms with E-state index in [1.807, 2.05) is 6.07 Å². The number of anilines is 2. The molecule has 1 aliphatic rings. The maximum atomic E-state index is 13.1. The minimum atomic E-state index is -0.442. The molecule has 0 radical (unpaired) electrons. The molecule has 8 heteroatoms. The second kappa shape index (κ2) is 8.68. The molecular formula is C18H20ClFN4OS. The molecule has 5 nitrogen and oxygen atoms in total. The molecule has 1 aromatic heterocycles. The van der Waals surface area contributed by atoms with E-state index in [1.165, 1.54) is 42.7 Å². The van der Waals surface area contributed by atoms with E-state index in [0.29, 0.717) is 11.7 Å². The van der Waals surface area contributed by atoms with Crippen molar-refractivity contribution in [3.63, 3.8) is 0 Å². The van der Waals surface area contributed by atoms with Gasteiger partial charge in [-0.3, -0.25) is 4.79 Å². The zero-order valence-electron chi connectivity index (χ0n) is 14.4. The number of rotatable bonds is 5. The van der Waals surface area contributed by atoms with E-state index in [9.17, 15) is 9.18 Å². The maximum absolute atomic E-state index is 13.1. The van der Waals surface area contributed by atoms with Crippen molar-refractivity contribution in [3.05, 3.63) is 41.4 Å². The van der Waals surface area contributed by atoms with E-state index in [1.54, 1.807) is 0 Å². The SMILES string of the molecule is C[C@H]1CCCCN1c1cc(SCC(=O)Nc2ccc(F)cc2Cl)ncn1. The first kappa shape index (κ1) is 18.9. The number of thioether (sulfide) groups is 1. The smallest absolute Gasteiger partial charge is 0.234 e. The lowest BCUT2D eigenvalue weighted by Crippen LogP contribution is -2.38. The summed E-state index contributed by atoms with van der Waals surface area (Å²) in [5.74, 6) is 0.411. The zero-order chi connectivity index (χ0) is 18.5. The van der Waals surface area contributed by atoms with Crippen LogP contribution in [0.25, 0.3) is 0 Å². The average molecular weight is 395 g/mol. The van der Waals surface area contributed by atoms with Gasteiger partial charge >= 0.3 is 0 Å². The summed E-state index contributed by atoms with van der Waals surface area (Å²) in [7, 11) is 0. The largest absolute Gasteiger partial charge is 0.354 e. The highest BCUT2D eigenvalue weighted by molar-refractivity contribution is 7.99. The molecule has 1 amide bonds. The number of hydrogen-bond donors (Lipinski definition) is 1. The molecule has 0 spiro atoms. The predicted octanol–water partition coefficient (Wildman–Crippen LogP) is 4.38. The van der Waals surface area contributed by atoms with Gasteiger partial charge in [0.2, 0.25) is 5.91 Å². The van der Waals surface area contributed by atoms with E-state index in [0.717, 1.165) is 30.2 Å². The second-order valence-corrected chi connectivity index (χ2v) is 7.62. The fourth-order valence-electron chi connectivity index (χ4n) is 2.92. The van der Waals surface area contributed by atoms with Crippen LogP contribution in [0.15, 0.2) is 35.6 Å². The van der Waals surface area contributed by atoms with Gasteiger partial charge in [0.1, 0.15) is 23.0 Å². The molecule has 1 aliphatic heterocycles. The molecule has 0 unspecified atom stereocenters. The van der Waals surface area contributed by atoms with Crippen LogP contribution in [-0.4, -0.2) is 34.2 Å². The fraction of sp³-hybridized carbons (Fsp3) is 0.389. The first-order chi connectivity index (χ1) is 12.5. The normalized spacial score (nSPS) is 17.2. The number of carbonyl (C=O) groups is 1. The molecule has 1 fully saturated rings. The van der Waals surface area contributed by atoms with Crippen LogP contribution in [0.2, 0.25) is 5.02 Å². The van der Waals surface area contributed by atoms with Crippen molar-refractivity contribution in [3.8, 4) is 0 Å². The predicted molar refractivity (Wildman–Crippen MR) is 103 cm³/mol. The molecule has 0 saturated carbocycles. The van der Waals surface area contributed by atoms with Gasteiger partial charge in [-0.25, -0.2) is 14.4 Å². The van der Waals surface area contributed by atoms with Crippen molar-refractivity contribution >= 4 is 40.8 Å². The summed E-state index contributed by atoms with van der Waals surface area (Å²) in [6, 6.07) is 6.25. The van der Waals surface area contributed by atoms with Crippen LogP contribution >= 0.6 is 23.4 Å². The van der Waals surface area contributed by atoms with Crippen molar-refractivity contribution in [2.45, 2.75) is 37.3 Å². The van der Waals surface area contributed by atoms with Gasteiger partial charge in [0.05, 0.1) is 16.5 Å².